The molecule has 4 aliphatic rings. The highest BCUT2D eigenvalue weighted by Crippen LogP contribution is 2.61. The Kier molecular flexibility index (Phi) is 5.15. The number of amides is 1. The molecule has 1 N–H and O–H groups in total. The molecule has 4 fully saturated rings. The van der Waals surface area contributed by atoms with Crippen LogP contribution in [0.25, 0.3) is 0 Å². The highest BCUT2D eigenvalue weighted by atomic mass is 32.1. The van der Waals surface area contributed by atoms with E-state index in [-0.39, 0.29) is 5.91 Å². The predicted octanol–water partition coefficient (Wildman–Crippen LogP) is 6.05. The number of carbonyl (C=O) groups is 1. The fraction of sp³-hybridized carbons (Fsp3) is 0.560. The smallest absolute Gasteiger partial charge is 0.261 e. The molecule has 1 aromatic heterocycles. The maximum Gasteiger partial charge on any atom is 0.261 e. The van der Waals surface area contributed by atoms with Gasteiger partial charge in [0, 0.05) is 11.6 Å². The van der Waals surface area contributed by atoms with Crippen LogP contribution in [0.3, 0.4) is 0 Å². The van der Waals surface area contributed by atoms with E-state index < -0.39 is 0 Å². The van der Waals surface area contributed by atoms with Gasteiger partial charge in [-0.25, -0.2) is 0 Å². The van der Waals surface area contributed by atoms with Gasteiger partial charge in [-0.05, 0) is 91.7 Å². The molecule has 4 saturated carbocycles. The van der Waals surface area contributed by atoms with Crippen LogP contribution in [0.1, 0.15) is 67.1 Å². The van der Waals surface area contributed by atoms with Gasteiger partial charge in [0.05, 0.1) is 4.88 Å². The molecular weight excluding hydrogens is 378 g/mol. The molecule has 1 atom stereocenters. The van der Waals surface area contributed by atoms with Crippen LogP contribution in [0.2, 0.25) is 0 Å². The van der Waals surface area contributed by atoms with E-state index in [0.29, 0.717) is 18.1 Å². The summed E-state index contributed by atoms with van der Waals surface area (Å²) in [6, 6.07) is 12.1. The number of hydrogen-bond donors (Lipinski definition) is 1. The minimum Gasteiger partial charge on any atom is -0.489 e. The van der Waals surface area contributed by atoms with E-state index in [1.54, 1.807) is 0 Å². The zero-order valence-electron chi connectivity index (χ0n) is 17.2. The third kappa shape index (κ3) is 3.84. The Morgan fingerprint density at radius 2 is 1.79 bits per heavy atom. The molecule has 0 spiro atoms. The minimum absolute atomic E-state index is 0.101. The monoisotopic (exact) mass is 409 g/mol. The molecule has 29 heavy (non-hydrogen) atoms. The number of carbonyl (C=O) groups excluding carboxylic acids is 1. The SMILES string of the molecule is CCC(NC(=O)c1cc(COc2ccccc2)cs1)C12CC3CC(CC(C3)C1)C2. The number of rotatable bonds is 7. The lowest BCUT2D eigenvalue weighted by molar-refractivity contribution is -0.0727. The van der Waals surface area contributed by atoms with Crippen LogP contribution in [-0.2, 0) is 6.61 Å². The zero-order valence-corrected chi connectivity index (χ0v) is 18.0. The van der Waals surface area contributed by atoms with Gasteiger partial charge in [0.1, 0.15) is 12.4 Å². The first kappa shape index (κ1) is 19.2. The van der Waals surface area contributed by atoms with Crippen LogP contribution in [0, 0.1) is 23.2 Å². The maximum atomic E-state index is 13.1. The third-order valence-corrected chi connectivity index (χ3v) is 8.54. The molecule has 0 saturated heterocycles. The fourth-order valence-electron chi connectivity index (χ4n) is 6.78. The van der Waals surface area contributed by atoms with Crippen molar-refractivity contribution >= 4 is 17.2 Å². The third-order valence-electron chi connectivity index (χ3n) is 7.56. The number of para-hydroxylation sites is 1. The normalized spacial score (nSPS) is 30.9. The molecule has 0 radical (unpaired) electrons. The predicted molar refractivity (Wildman–Crippen MR) is 117 cm³/mol. The van der Waals surface area contributed by atoms with Crippen molar-refractivity contribution in [3.8, 4) is 5.75 Å². The molecule has 4 bridgehead atoms. The van der Waals surface area contributed by atoms with Crippen LogP contribution < -0.4 is 10.1 Å². The number of nitrogens with one attached hydrogen (secondary N) is 1. The van der Waals surface area contributed by atoms with Gasteiger partial charge in [-0.2, -0.15) is 0 Å². The molecule has 1 amide bonds. The van der Waals surface area contributed by atoms with E-state index >= 15 is 0 Å². The Morgan fingerprint density at radius 1 is 1.14 bits per heavy atom. The average Bonchev–Trinajstić information content (AvgIpc) is 3.19. The van der Waals surface area contributed by atoms with Gasteiger partial charge in [-0.15, -0.1) is 11.3 Å². The summed E-state index contributed by atoms with van der Waals surface area (Å²) < 4.78 is 5.83. The van der Waals surface area contributed by atoms with E-state index in [9.17, 15) is 4.79 Å². The van der Waals surface area contributed by atoms with E-state index in [1.165, 1.54) is 49.9 Å². The van der Waals surface area contributed by atoms with Crippen molar-refractivity contribution in [1.82, 2.24) is 5.32 Å². The minimum atomic E-state index is 0.101. The summed E-state index contributed by atoms with van der Waals surface area (Å²) in [7, 11) is 0. The summed E-state index contributed by atoms with van der Waals surface area (Å²) in [5, 5.41) is 5.50. The van der Waals surface area contributed by atoms with E-state index in [1.807, 2.05) is 41.8 Å². The van der Waals surface area contributed by atoms with E-state index in [2.05, 4.69) is 12.2 Å². The van der Waals surface area contributed by atoms with Crippen molar-refractivity contribution in [3.63, 3.8) is 0 Å². The molecule has 3 nitrogen and oxygen atoms in total. The lowest BCUT2D eigenvalue weighted by atomic mass is 9.47. The van der Waals surface area contributed by atoms with Gasteiger partial charge in [0.15, 0.2) is 0 Å². The Labute approximate surface area is 177 Å². The van der Waals surface area contributed by atoms with Crippen molar-refractivity contribution in [2.45, 2.75) is 64.5 Å². The van der Waals surface area contributed by atoms with Crippen LogP contribution in [0.5, 0.6) is 5.75 Å². The summed E-state index contributed by atoms with van der Waals surface area (Å²) in [5.74, 6) is 3.70. The Balaban J connectivity index is 1.23. The van der Waals surface area contributed by atoms with E-state index in [0.717, 1.165) is 40.4 Å². The number of benzene rings is 1. The molecular formula is C25H31NO2S. The van der Waals surface area contributed by atoms with Crippen molar-refractivity contribution in [2.75, 3.05) is 0 Å². The molecule has 4 aliphatic carbocycles. The van der Waals surface area contributed by atoms with E-state index in [4.69, 9.17) is 4.74 Å². The highest BCUT2D eigenvalue weighted by Gasteiger charge is 2.54. The highest BCUT2D eigenvalue weighted by molar-refractivity contribution is 7.12. The van der Waals surface area contributed by atoms with Gasteiger partial charge in [0.2, 0.25) is 0 Å². The summed E-state index contributed by atoms with van der Waals surface area (Å²) in [6.07, 6.45) is 9.36. The summed E-state index contributed by atoms with van der Waals surface area (Å²) in [6.45, 7) is 2.75. The quantitative estimate of drug-likeness (QED) is 0.604. The Hall–Kier alpha value is -1.81. The number of ether oxygens (including phenoxy) is 1. The Bertz CT molecular complexity index is 823. The summed E-state index contributed by atoms with van der Waals surface area (Å²) in [5.41, 5.74) is 1.42. The first-order valence-electron chi connectivity index (χ1n) is 11.2. The second kappa shape index (κ2) is 7.79. The molecule has 2 aromatic rings. The van der Waals surface area contributed by atoms with Crippen molar-refractivity contribution in [1.29, 1.82) is 0 Å². The fourth-order valence-corrected chi connectivity index (χ4v) is 7.58. The average molecular weight is 410 g/mol. The standard InChI is InChI=1S/C25H31NO2S/c1-2-23(25-12-17-8-18(13-25)10-19(9-17)14-25)26-24(27)22-11-20(16-29-22)15-28-21-6-4-3-5-7-21/h3-7,11,16-19,23H,2,8-10,12-15H2,1H3,(H,26,27). The van der Waals surface area contributed by atoms with Crippen molar-refractivity contribution in [3.05, 3.63) is 52.2 Å². The molecule has 154 valence electrons. The zero-order chi connectivity index (χ0) is 19.8. The molecule has 1 unspecified atom stereocenters. The number of hydrogen-bond acceptors (Lipinski definition) is 3. The maximum absolute atomic E-state index is 13.1. The van der Waals surface area contributed by atoms with Crippen molar-refractivity contribution in [2.24, 2.45) is 23.2 Å². The first-order chi connectivity index (χ1) is 14.1. The van der Waals surface area contributed by atoms with Crippen LogP contribution in [0.15, 0.2) is 41.8 Å². The van der Waals surface area contributed by atoms with Crippen LogP contribution >= 0.6 is 11.3 Å². The second-order valence-corrected chi connectivity index (χ2v) is 10.5. The van der Waals surface area contributed by atoms with Gasteiger partial charge < -0.3 is 10.1 Å². The second-order valence-electron chi connectivity index (χ2n) is 9.64. The lowest BCUT2D eigenvalue weighted by Gasteiger charge is -2.59. The van der Waals surface area contributed by atoms with Crippen molar-refractivity contribution < 1.29 is 9.53 Å². The summed E-state index contributed by atoms with van der Waals surface area (Å²) >= 11 is 1.53. The van der Waals surface area contributed by atoms with Gasteiger partial charge in [0.25, 0.3) is 5.91 Å². The molecule has 6 rings (SSSR count). The van der Waals surface area contributed by atoms with Crippen LogP contribution in [-0.4, -0.2) is 11.9 Å². The largest absolute Gasteiger partial charge is 0.489 e. The number of thiophene rings is 1. The van der Waals surface area contributed by atoms with Gasteiger partial charge >= 0.3 is 0 Å². The Morgan fingerprint density at radius 3 is 2.41 bits per heavy atom. The molecule has 1 aromatic carbocycles. The van der Waals surface area contributed by atoms with Gasteiger partial charge in [-0.3, -0.25) is 4.79 Å². The molecule has 1 heterocycles. The van der Waals surface area contributed by atoms with Gasteiger partial charge in [-0.1, -0.05) is 25.1 Å². The van der Waals surface area contributed by atoms with Crippen LogP contribution in [0.4, 0.5) is 0 Å². The molecule has 0 aliphatic heterocycles. The first-order valence-corrected chi connectivity index (χ1v) is 12.1. The molecule has 4 heteroatoms. The summed E-state index contributed by atoms with van der Waals surface area (Å²) in [4.78, 5) is 13.9. The lowest BCUT2D eigenvalue weighted by Crippen LogP contribution is -2.56. The topological polar surface area (TPSA) is 38.3 Å².